The molecule has 0 saturated heterocycles. The first-order chi connectivity index (χ1) is 10.4. The third-order valence-corrected chi connectivity index (χ3v) is 3.59. The average molecular weight is 318 g/mol. The van der Waals surface area contributed by atoms with Gasteiger partial charge in [0.15, 0.2) is 0 Å². The molecule has 1 unspecified atom stereocenters. The summed E-state index contributed by atoms with van der Waals surface area (Å²) < 4.78 is 11.5. The molecule has 1 atom stereocenters. The van der Waals surface area contributed by atoms with Crippen molar-refractivity contribution in [2.24, 2.45) is 0 Å². The quantitative estimate of drug-likeness (QED) is 0.684. The molecule has 3 aromatic rings. The van der Waals surface area contributed by atoms with Crippen LogP contribution in [0.4, 0.5) is 0 Å². The van der Waals surface area contributed by atoms with Gasteiger partial charge in [0.2, 0.25) is 0 Å². The zero-order chi connectivity index (χ0) is 14.5. The number of hydrogen-bond donors (Lipinski definition) is 1. The lowest BCUT2D eigenvalue weighted by Crippen LogP contribution is -2.31. The van der Waals surface area contributed by atoms with E-state index in [1.165, 1.54) is 5.56 Å². The molecule has 3 nitrogen and oxygen atoms in total. The Labute approximate surface area is 136 Å². The summed E-state index contributed by atoms with van der Waals surface area (Å²) in [6.45, 7) is 0. The molecule has 1 N–H and O–H groups in total. The molecule has 0 spiro atoms. The second-order valence-corrected chi connectivity index (χ2v) is 5.01. The zero-order valence-corrected chi connectivity index (χ0v) is 13.3. The average Bonchev–Trinajstić information content (AvgIpc) is 3.02. The molecule has 1 aromatic heterocycles. The smallest absolute Gasteiger partial charge is 0.150 e. The summed E-state index contributed by atoms with van der Waals surface area (Å²) in [5, 5.41) is 4.24. The SMILES string of the molecule is CNC(CCc1ccccc1)Oc1cccc2occc12.Cl. The highest BCUT2D eigenvalue weighted by Crippen LogP contribution is 2.27. The Morgan fingerprint density at radius 1 is 1.05 bits per heavy atom. The van der Waals surface area contributed by atoms with Crippen molar-refractivity contribution in [2.45, 2.75) is 19.1 Å². The molecular weight excluding hydrogens is 298 g/mol. The first-order valence-electron chi connectivity index (χ1n) is 7.21. The normalized spacial score (nSPS) is 11.9. The predicted octanol–water partition coefficient (Wildman–Crippen LogP) is 4.41. The summed E-state index contributed by atoms with van der Waals surface area (Å²) in [4.78, 5) is 0. The second kappa shape index (κ2) is 7.87. The zero-order valence-electron chi connectivity index (χ0n) is 12.5. The van der Waals surface area contributed by atoms with Gasteiger partial charge >= 0.3 is 0 Å². The minimum Gasteiger partial charge on any atom is -0.475 e. The van der Waals surface area contributed by atoms with Gasteiger partial charge in [-0.2, -0.15) is 0 Å². The molecule has 0 radical (unpaired) electrons. The molecule has 116 valence electrons. The van der Waals surface area contributed by atoms with E-state index in [9.17, 15) is 0 Å². The van der Waals surface area contributed by atoms with Gasteiger partial charge in [-0.05, 0) is 37.2 Å². The van der Waals surface area contributed by atoms with Gasteiger partial charge < -0.3 is 9.15 Å². The van der Waals surface area contributed by atoms with Gasteiger partial charge in [0.25, 0.3) is 0 Å². The summed E-state index contributed by atoms with van der Waals surface area (Å²) in [6.07, 6.45) is 3.56. The number of nitrogens with one attached hydrogen (secondary N) is 1. The monoisotopic (exact) mass is 317 g/mol. The number of fused-ring (bicyclic) bond motifs is 1. The molecule has 3 rings (SSSR count). The maximum atomic E-state index is 6.09. The molecule has 2 aromatic carbocycles. The van der Waals surface area contributed by atoms with E-state index < -0.39 is 0 Å². The lowest BCUT2D eigenvalue weighted by molar-refractivity contribution is 0.166. The van der Waals surface area contributed by atoms with Gasteiger partial charge in [0, 0.05) is 6.42 Å². The number of halogens is 1. The van der Waals surface area contributed by atoms with Crippen LogP contribution in [-0.4, -0.2) is 13.3 Å². The molecule has 0 saturated carbocycles. The van der Waals surface area contributed by atoms with Crippen LogP contribution in [0.2, 0.25) is 0 Å². The van der Waals surface area contributed by atoms with E-state index in [2.05, 4.69) is 29.6 Å². The van der Waals surface area contributed by atoms with Crippen LogP contribution in [0.5, 0.6) is 5.75 Å². The number of furan rings is 1. The van der Waals surface area contributed by atoms with Crippen molar-refractivity contribution in [1.29, 1.82) is 0 Å². The summed E-state index contributed by atoms with van der Waals surface area (Å²) in [5.74, 6) is 0.855. The number of hydrogen-bond acceptors (Lipinski definition) is 3. The third kappa shape index (κ3) is 3.81. The maximum Gasteiger partial charge on any atom is 0.150 e. The Kier molecular flexibility index (Phi) is 5.87. The summed E-state index contributed by atoms with van der Waals surface area (Å²) >= 11 is 0. The Hall–Kier alpha value is -1.97. The lowest BCUT2D eigenvalue weighted by Gasteiger charge is -2.19. The van der Waals surface area contributed by atoms with E-state index in [4.69, 9.17) is 9.15 Å². The third-order valence-electron chi connectivity index (χ3n) is 3.59. The Morgan fingerprint density at radius 2 is 1.86 bits per heavy atom. The number of aryl methyl sites for hydroxylation is 1. The predicted molar refractivity (Wildman–Crippen MR) is 91.7 cm³/mol. The molecule has 0 bridgehead atoms. The molecule has 0 aliphatic rings. The van der Waals surface area contributed by atoms with Crippen molar-refractivity contribution >= 4 is 23.4 Å². The van der Waals surface area contributed by atoms with Crippen LogP contribution >= 0.6 is 12.4 Å². The van der Waals surface area contributed by atoms with Gasteiger partial charge in [-0.15, -0.1) is 12.4 Å². The van der Waals surface area contributed by atoms with E-state index in [1.807, 2.05) is 37.4 Å². The molecular formula is C18H20ClNO2. The molecule has 0 amide bonds. The number of rotatable bonds is 6. The van der Waals surface area contributed by atoms with Crippen LogP contribution in [0.1, 0.15) is 12.0 Å². The van der Waals surface area contributed by atoms with Crippen molar-refractivity contribution in [1.82, 2.24) is 5.32 Å². The molecule has 1 heterocycles. The van der Waals surface area contributed by atoms with Gasteiger partial charge in [0.1, 0.15) is 17.6 Å². The first kappa shape index (κ1) is 16.4. The van der Waals surface area contributed by atoms with Crippen LogP contribution in [0, 0.1) is 0 Å². The Morgan fingerprint density at radius 3 is 2.64 bits per heavy atom. The fourth-order valence-electron chi connectivity index (χ4n) is 2.43. The molecule has 22 heavy (non-hydrogen) atoms. The van der Waals surface area contributed by atoms with Crippen LogP contribution in [-0.2, 0) is 6.42 Å². The molecule has 0 fully saturated rings. The minimum atomic E-state index is -0.0225. The van der Waals surface area contributed by atoms with Crippen LogP contribution < -0.4 is 10.1 Å². The minimum absolute atomic E-state index is 0. The van der Waals surface area contributed by atoms with Crippen molar-refractivity contribution < 1.29 is 9.15 Å². The fourth-order valence-corrected chi connectivity index (χ4v) is 2.43. The van der Waals surface area contributed by atoms with E-state index in [1.54, 1.807) is 6.26 Å². The van der Waals surface area contributed by atoms with Gasteiger partial charge in [-0.3, -0.25) is 5.32 Å². The van der Waals surface area contributed by atoms with Gasteiger partial charge in [0.05, 0.1) is 11.6 Å². The lowest BCUT2D eigenvalue weighted by atomic mass is 10.1. The van der Waals surface area contributed by atoms with Gasteiger partial charge in [-0.25, -0.2) is 0 Å². The van der Waals surface area contributed by atoms with E-state index in [-0.39, 0.29) is 18.6 Å². The summed E-state index contributed by atoms with van der Waals surface area (Å²) in [6, 6.07) is 18.3. The fraction of sp³-hybridized carbons (Fsp3) is 0.222. The Balaban J connectivity index is 0.00000176. The summed E-state index contributed by atoms with van der Waals surface area (Å²) in [7, 11) is 1.92. The Bertz CT molecular complexity index is 696. The van der Waals surface area contributed by atoms with E-state index in [0.717, 1.165) is 29.6 Å². The van der Waals surface area contributed by atoms with Crippen molar-refractivity contribution in [3.05, 3.63) is 66.4 Å². The van der Waals surface area contributed by atoms with Crippen LogP contribution in [0.3, 0.4) is 0 Å². The topological polar surface area (TPSA) is 34.4 Å². The van der Waals surface area contributed by atoms with Crippen LogP contribution in [0.15, 0.2) is 65.3 Å². The molecule has 0 aliphatic carbocycles. The van der Waals surface area contributed by atoms with Crippen LogP contribution in [0.25, 0.3) is 11.0 Å². The van der Waals surface area contributed by atoms with Crippen molar-refractivity contribution in [3.8, 4) is 5.75 Å². The maximum absolute atomic E-state index is 6.09. The highest BCUT2D eigenvalue weighted by atomic mass is 35.5. The largest absolute Gasteiger partial charge is 0.475 e. The van der Waals surface area contributed by atoms with Crippen molar-refractivity contribution in [3.63, 3.8) is 0 Å². The second-order valence-electron chi connectivity index (χ2n) is 5.01. The van der Waals surface area contributed by atoms with E-state index >= 15 is 0 Å². The van der Waals surface area contributed by atoms with E-state index in [0.29, 0.717) is 0 Å². The highest BCUT2D eigenvalue weighted by Gasteiger charge is 2.11. The van der Waals surface area contributed by atoms with Gasteiger partial charge in [-0.1, -0.05) is 36.4 Å². The first-order valence-corrected chi connectivity index (χ1v) is 7.21. The summed E-state index contributed by atoms with van der Waals surface area (Å²) in [5.41, 5.74) is 2.17. The molecule has 4 heteroatoms. The standard InChI is InChI=1S/C18H19NO2.ClH/c1-19-18(11-10-14-6-3-2-4-7-14)21-17-9-5-8-16-15(17)12-13-20-16;/h2-9,12-13,18-19H,10-11H2,1H3;1H. The number of ether oxygens (including phenoxy) is 1. The number of benzene rings is 2. The molecule has 0 aliphatic heterocycles. The van der Waals surface area contributed by atoms with Crippen molar-refractivity contribution in [2.75, 3.05) is 7.05 Å². The highest BCUT2D eigenvalue weighted by molar-refractivity contribution is 5.85.